The van der Waals surface area contributed by atoms with Crippen LogP contribution in [0.1, 0.15) is 28.4 Å². The Bertz CT molecular complexity index is 1350. The first-order valence-electron chi connectivity index (χ1n) is 11.3. The Hall–Kier alpha value is -4.58. The Morgan fingerprint density at radius 1 is 0.914 bits per heavy atom. The summed E-state index contributed by atoms with van der Waals surface area (Å²) >= 11 is 0. The summed E-state index contributed by atoms with van der Waals surface area (Å²) in [6, 6.07) is 24.6. The number of aromatic nitrogens is 1. The number of rotatable bonds is 9. The molecular formula is C29H26N2O4. The van der Waals surface area contributed by atoms with Crippen molar-refractivity contribution in [1.82, 2.24) is 4.73 Å². The molecule has 3 aromatic carbocycles. The highest BCUT2D eigenvalue weighted by Crippen LogP contribution is 2.22. The van der Waals surface area contributed by atoms with Gasteiger partial charge < -0.3 is 14.9 Å². The van der Waals surface area contributed by atoms with Crippen molar-refractivity contribution in [3.8, 4) is 0 Å². The summed E-state index contributed by atoms with van der Waals surface area (Å²) in [5, 5.41) is 3.82. The summed E-state index contributed by atoms with van der Waals surface area (Å²) in [4.78, 5) is 30.0. The lowest BCUT2D eigenvalue weighted by atomic mass is 10.1. The van der Waals surface area contributed by atoms with Crippen LogP contribution in [0.15, 0.2) is 103 Å². The zero-order chi connectivity index (χ0) is 24.5. The largest absolute Gasteiger partial charge is 0.462 e. The first kappa shape index (κ1) is 23.6. The second kappa shape index (κ2) is 11.5. The highest BCUT2D eigenvalue weighted by Gasteiger charge is 2.08. The van der Waals surface area contributed by atoms with Gasteiger partial charge in [0.25, 0.3) is 0 Å². The molecule has 0 aliphatic rings. The minimum Gasteiger partial charge on any atom is -0.462 e. The van der Waals surface area contributed by atoms with E-state index in [2.05, 4.69) is 5.32 Å². The molecule has 4 rings (SSSR count). The van der Waals surface area contributed by atoms with E-state index in [1.807, 2.05) is 72.9 Å². The Morgan fingerprint density at radius 3 is 2.43 bits per heavy atom. The van der Waals surface area contributed by atoms with Crippen molar-refractivity contribution in [2.45, 2.75) is 13.5 Å². The van der Waals surface area contributed by atoms with Gasteiger partial charge in [0.15, 0.2) is 0 Å². The van der Waals surface area contributed by atoms with E-state index in [0.717, 1.165) is 22.0 Å². The second-order valence-electron chi connectivity index (χ2n) is 7.69. The van der Waals surface area contributed by atoms with Crippen molar-refractivity contribution in [2.24, 2.45) is 0 Å². The van der Waals surface area contributed by atoms with Crippen LogP contribution >= 0.6 is 0 Å². The van der Waals surface area contributed by atoms with E-state index >= 15 is 0 Å². The summed E-state index contributed by atoms with van der Waals surface area (Å²) in [5.41, 5.74) is 4.07. The Balaban J connectivity index is 1.38. The van der Waals surface area contributed by atoms with Crippen molar-refractivity contribution in [2.75, 3.05) is 11.9 Å². The molecule has 0 aliphatic carbocycles. The van der Waals surface area contributed by atoms with Gasteiger partial charge in [-0.3, -0.25) is 4.79 Å². The SMILES string of the molecule is CCOC(=O)c1ccc(NC(=O)C=CC=Cc2cn(OCc3ccccc3)c3ccccc23)cc1. The van der Waals surface area contributed by atoms with Gasteiger partial charge in [0.1, 0.15) is 6.61 Å². The normalized spacial score (nSPS) is 11.2. The number of amides is 1. The highest BCUT2D eigenvalue weighted by atomic mass is 16.7. The van der Waals surface area contributed by atoms with Crippen molar-refractivity contribution in [3.05, 3.63) is 120 Å². The number of hydrogen-bond acceptors (Lipinski definition) is 4. The fourth-order valence-corrected chi connectivity index (χ4v) is 3.52. The maximum Gasteiger partial charge on any atom is 0.338 e. The van der Waals surface area contributed by atoms with Crippen molar-refractivity contribution < 1.29 is 19.2 Å². The fourth-order valence-electron chi connectivity index (χ4n) is 3.52. The van der Waals surface area contributed by atoms with Gasteiger partial charge in [-0.1, -0.05) is 66.8 Å². The number of allylic oxidation sites excluding steroid dienone is 2. The number of carbonyl (C=O) groups excluding carboxylic acids is 2. The minimum absolute atomic E-state index is 0.271. The molecule has 1 N–H and O–H groups in total. The number of nitrogens with zero attached hydrogens (tertiary/aromatic N) is 1. The molecule has 0 saturated heterocycles. The molecule has 0 saturated carbocycles. The third kappa shape index (κ3) is 6.26. The lowest BCUT2D eigenvalue weighted by molar-refractivity contribution is -0.111. The molecule has 0 bridgehead atoms. The van der Waals surface area contributed by atoms with E-state index in [1.54, 1.807) is 42.0 Å². The molecule has 1 aromatic heterocycles. The average Bonchev–Trinajstić information content (AvgIpc) is 3.24. The van der Waals surface area contributed by atoms with E-state index < -0.39 is 0 Å². The van der Waals surface area contributed by atoms with Gasteiger partial charge in [-0.25, -0.2) is 4.79 Å². The number of fused-ring (bicyclic) bond motifs is 1. The predicted molar refractivity (Wildman–Crippen MR) is 138 cm³/mol. The highest BCUT2D eigenvalue weighted by molar-refractivity contribution is 6.00. The van der Waals surface area contributed by atoms with E-state index in [9.17, 15) is 9.59 Å². The van der Waals surface area contributed by atoms with Gasteiger partial charge in [0, 0.05) is 22.7 Å². The van der Waals surface area contributed by atoms with Crippen molar-refractivity contribution in [1.29, 1.82) is 0 Å². The first-order valence-corrected chi connectivity index (χ1v) is 11.3. The molecule has 0 atom stereocenters. The van der Waals surface area contributed by atoms with Gasteiger partial charge in [0.2, 0.25) is 5.91 Å². The van der Waals surface area contributed by atoms with Crippen molar-refractivity contribution >= 4 is 34.5 Å². The zero-order valence-electron chi connectivity index (χ0n) is 19.4. The first-order chi connectivity index (χ1) is 17.1. The monoisotopic (exact) mass is 466 g/mol. The Kier molecular flexibility index (Phi) is 7.76. The van der Waals surface area contributed by atoms with Crippen LogP contribution in [0.4, 0.5) is 5.69 Å². The Labute approximate surface area is 204 Å². The maximum atomic E-state index is 12.2. The average molecular weight is 467 g/mol. The molecule has 4 aromatic rings. The van der Waals surface area contributed by atoms with Gasteiger partial charge in [0.05, 0.1) is 23.9 Å². The lowest BCUT2D eigenvalue weighted by Gasteiger charge is -2.08. The van der Waals surface area contributed by atoms with Crippen LogP contribution in [0.3, 0.4) is 0 Å². The summed E-state index contributed by atoms with van der Waals surface area (Å²) in [6.45, 7) is 2.53. The minimum atomic E-state index is -0.387. The third-order valence-electron chi connectivity index (χ3n) is 5.22. The van der Waals surface area contributed by atoms with E-state index in [1.165, 1.54) is 6.08 Å². The number of ether oxygens (including phenoxy) is 1. The van der Waals surface area contributed by atoms with Gasteiger partial charge in [-0.05, 0) is 42.8 Å². The quantitative estimate of drug-likeness (QED) is 0.196. The van der Waals surface area contributed by atoms with Gasteiger partial charge in [-0.2, -0.15) is 4.73 Å². The summed E-state index contributed by atoms with van der Waals surface area (Å²) in [7, 11) is 0. The summed E-state index contributed by atoms with van der Waals surface area (Å²) < 4.78 is 6.73. The lowest BCUT2D eigenvalue weighted by Crippen LogP contribution is -2.09. The second-order valence-corrected chi connectivity index (χ2v) is 7.69. The molecule has 0 unspecified atom stereocenters. The fraction of sp³-hybridized carbons (Fsp3) is 0.103. The van der Waals surface area contributed by atoms with Crippen molar-refractivity contribution in [3.63, 3.8) is 0 Å². The van der Waals surface area contributed by atoms with Crippen LogP contribution in [0, 0.1) is 0 Å². The van der Waals surface area contributed by atoms with Crippen LogP contribution in [-0.4, -0.2) is 23.2 Å². The predicted octanol–water partition coefficient (Wildman–Crippen LogP) is 5.65. The van der Waals surface area contributed by atoms with Crippen LogP contribution in [0.2, 0.25) is 0 Å². The maximum absolute atomic E-state index is 12.2. The summed E-state index contributed by atoms with van der Waals surface area (Å²) in [6.07, 6.45) is 8.80. The molecule has 1 amide bonds. The van der Waals surface area contributed by atoms with Gasteiger partial charge in [-0.15, -0.1) is 0 Å². The van der Waals surface area contributed by atoms with Crippen LogP contribution in [-0.2, 0) is 16.1 Å². The Morgan fingerprint density at radius 2 is 1.66 bits per heavy atom. The molecule has 1 heterocycles. The molecule has 6 heteroatoms. The molecule has 6 nitrogen and oxygen atoms in total. The number of esters is 1. The van der Waals surface area contributed by atoms with E-state index in [-0.39, 0.29) is 11.9 Å². The molecule has 0 aliphatic heterocycles. The third-order valence-corrected chi connectivity index (χ3v) is 5.22. The molecule has 0 spiro atoms. The molecule has 0 fully saturated rings. The standard InChI is InChI=1S/C29H26N2O4/c1-2-34-29(33)23-16-18-25(19-17-23)30-28(32)15-9-6-12-24-20-31(27-14-8-7-13-26(24)27)35-21-22-10-4-3-5-11-22/h3-20H,2,21H2,1H3,(H,30,32). The van der Waals surface area contributed by atoms with E-state index in [0.29, 0.717) is 24.5 Å². The number of para-hydroxylation sites is 1. The molecule has 176 valence electrons. The molecular weight excluding hydrogens is 440 g/mol. The smallest absolute Gasteiger partial charge is 0.338 e. The number of nitrogens with one attached hydrogen (secondary N) is 1. The molecule has 35 heavy (non-hydrogen) atoms. The summed E-state index contributed by atoms with van der Waals surface area (Å²) in [5.74, 6) is -0.658. The van der Waals surface area contributed by atoms with E-state index in [4.69, 9.17) is 9.57 Å². The topological polar surface area (TPSA) is 69.6 Å². The molecule has 0 radical (unpaired) electrons. The number of carbonyl (C=O) groups is 2. The van der Waals surface area contributed by atoms with Gasteiger partial charge >= 0.3 is 5.97 Å². The zero-order valence-corrected chi connectivity index (χ0v) is 19.4. The number of hydrogen-bond donors (Lipinski definition) is 1. The van der Waals surface area contributed by atoms with Crippen LogP contribution < -0.4 is 10.2 Å². The van der Waals surface area contributed by atoms with Crippen LogP contribution in [0.5, 0.6) is 0 Å². The van der Waals surface area contributed by atoms with Crippen LogP contribution in [0.25, 0.3) is 17.0 Å². The number of anilines is 1. The number of benzene rings is 3.